The Labute approximate surface area is 303 Å². The van der Waals surface area contributed by atoms with Gasteiger partial charge in [-0.3, -0.25) is 38.6 Å². The normalized spacial score (nSPS) is 21.3. The van der Waals surface area contributed by atoms with Gasteiger partial charge in [0.15, 0.2) is 5.96 Å². The summed E-state index contributed by atoms with van der Waals surface area (Å²) in [6.07, 6.45) is 1.01. The largest absolute Gasteiger partial charge is 0.370 e. The number of aliphatic imine (C=N–C) groups is 1. The molecule has 0 aromatic heterocycles. The van der Waals surface area contributed by atoms with Crippen molar-refractivity contribution in [2.45, 2.75) is 102 Å². The Bertz CT molecular complexity index is 1400. The van der Waals surface area contributed by atoms with Gasteiger partial charge in [0.05, 0.1) is 6.42 Å². The molecule has 14 N–H and O–H groups in total. The lowest BCUT2D eigenvalue weighted by molar-refractivity contribution is -0.135. The number of primary amides is 1. The second-order valence-electron chi connectivity index (χ2n) is 13.1. The number of benzene rings is 1. The molecule has 1 heterocycles. The van der Waals surface area contributed by atoms with Gasteiger partial charge in [-0.15, -0.1) is 0 Å². The van der Waals surface area contributed by atoms with Crippen LogP contribution < -0.4 is 54.8 Å². The van der Waals surface area contributed by atoms with E-state index in [1.807, 2.05) is 19.9 Å². The average Bonchev–Trinajstić information content (AvgIpc) is 3.07. The van der Waals surface area contributed by atoms with Crippen molar-refractivity contribution in [3.63, 3.8) is 0 Å². The molecule has 0 radical (unpaired) electrons. The van der Waals surface area contributed by atoms with Gasteiger partial charge in [0.1, 0.15) is 30.2 Å². The Kier molecular flexibility index (Phi) is 18.6. The molecule has 288 valence electrons. The van der Waals surface area contributed by atoms with Crippen molar-refractivity contribution in [1.82, 2.24) is 31.9 Å². The minimum atomic E-state index is -1.36. The maximum absolute atomic E-state index is 13.9. The summed E-state index contributed by atoms with van der Waals surface area (Å²) in [6, 6.07) is 3.14. The Morgan fingerprint density at radius 3 is 2.23 bits per heavy atom. The fourth-order valence-electron chi connectivity index (χ4n) is 5.47. The number of nitrogens with one attached hydrogen (secondary N) is 6. The van der Waals surface area contributed by atoms with Gasteiger partial charge in [0.25, 0.3) is 0 Å². The summed E-state index contributed by atoms with van der Waals surface area (Å²) in [5.74, 6) is -4.92. The minimum Gasteiger partial charge on any atom is -0.370 e. The van der Waals surface area contributed by atoms with Crippen molar-refractivity contribution in [3.05, 3.63) is 35.9 Å². The molecule has 0 bridgehead atoms. The number of hydrogen-bond donors (Lipinski definition) is 10. The van der Waals surface area contributed by atoms with E-state index in [-0.39, 0.29) is 70.0 Å². The molecule has 1 saturated heterocycles. The zero-order chi connectivity index (χ0) is 38.6. The highest BCUT2D eigenvalue weighted by molar-refractivity contribution is 5.97. The monoisotopic (exact) mass is 729 g/mol. The van der Waals surface area contributed by atoms with Gasteiger partial charge < -0.3 is 54.8 Å². The van der Waals surface area contributed by atoms with Crippen LogP contribution in [0.4, 0.5) is 0 Å². The first-order valence-electron chi connectivity index (χ1n) is 17.6. The highest BCUT2D eigenvalue weighted by Crippen LogP contribution is 2.11. The first-order valence-corrected chi connectivity index (χ1v) is 17.6. The van der Waals surface area contributed by atoms with Crippen molar-refractivity contribution in [2.24, 2.45) is 33.8 Å². The van der Waals surface area contributed by atoms with E-state index in [0.717, 1.165) is 5.56 Å². The standard InChI is InChI=1S/C34H55N11O7/c1-20(2)17-25-32(51)43-23(12-8-16-40-34(37)38)30(49)44-24(29(36)48)19-28(47)39-15-7-6-11-22(31(50)45-25)42-33(52)26(41-27(46)13-14-35)18-21-9-4-3-5-10-21/h3-5,9-10,20,22-26H,6-8,11-19,35H2,1-2H3,(H2,36,48)(H,39,47)(H,41,46)(H,42,52)(H,43,51)(H,44,49)(H,45,50)(H4,37,38,40)/t22-,23-,24-,25-,26-/m0/s1. The van der Waals surface area contributed by atoms with E-state index in [4.69, 9.17) is 22.9 Å². The van der Waals surface area contributed by atoms with Gasteiger partial charge in [0.2, 0.25) is 41.4 Å². The summed E-state index contributed by atoms with van der Waals surface area (Å²) < 4.78 is 0. The first-order chi connectivity index (χ1) is 24.7. The Morgan fingerprint density at radius 2 is 1.60 bits per heavy atom. The van der Waals surface area contributed by atoms with E-state index >= 15 is 0 Å². The third-order valence-electron chi connectivity index (χ3n) is 8.15. The number of carbonyl (C=O) groups is 7. The molecule has 1 aromatic carbocycles. The Balaban J connectivity index is 2.43. The molecule has 0 unspecified atom stereocenters. The summed E-state index contributed by atoms with van der Waals surface area (Å²) in [6.45, 7) is 4.07. The zero-order valence-corrected chi connectivity index (χ0v) is 30.0. The summed E-state index contributed by atoms with van der Waals surface area (Å²) in [7, 11) is 0. The van der Waals surface area contributed by atoms with Crippen LogP contribution in [-0.2, 0) is 40.0 Å². The molecule has 0 saturated carbocycles. The molecule has 7 amide bonds. The second-order valence-corrected chi connectivity index (χ2v) is 13.1. The van der Waals surface area contributed by atoms with E-state index in [0.29, 0.717) is 12.8 Å². The van der Waals surface area contributed by atoms with E-state index in [1.165, 1.54) is 0 Å². The van der Waals surface area contributed by atoms with Crippen LogP contribution in [0, 0.1) is 5.92 Å². The quantitative estimate of drug-likeness (QED) is 0.0536. The predicted molar refractivity (Wildman–Crippen MR) is 194 cm³/mol. The fourth-order valence-corrected chi connectivity index (χ4v) is 5.47. The maximum atomic E-state index is 13.9. The van der Waals surface area contributed by atoms with Crippen LogP contribution in [0.25, 0.3) is 0 Å². The summed E-state index contributed by atoms with van der Waals surface area (Å²) >= 11 is 0. The van der Waals surface area contributed by atoms with Gasteiger partial charge in [-0.05, 0) is 50.0 Å². The second kappa shape index (κ2) is 22.5. The summed E-state index contributed by atoms with van der Waals surface area (Å²) in [5.41, 5.74) is 22.6. The van der Waals surface area contributed by atoms with Crippen molar-refractivity contribution >= 4 is 47.3 Å². The van der Waals surface area contributed by atoms with Crippen LogP contribution in [0.5, 0.6) is 0 Å². The van der Waals surface area contributed by atoms with Crippen LogP contribution >= 0.6 is 0 Å². The van der Waals surface area contributed by atoms with Crippen molar-refractivity contribution in [1.29, 1.82) is 0 Å². The third-order valence-corrected chi connectivity index (χ3v) is 8.15. The van der Waals surface area contributed by atoms with Gasteiger partial charge in [-0.25, -0.2) is 0 Å². The summed E-state index contributed by atoms with van der Waals surface area (Å²) in [4.78, 5) is 96.1. The van der Waals surface area contributed by atoms with Gasteiger partial charge in [-0.1, -0.05) is 44.2 Å². The summed E-state index contributed by atoms with van der Waals surface area (Å²) in [5, 5.41) is 16.0. The highest BCUT2D eigenvalue weighted by atomic mass is 16.2. The molecule has 52 heavy (non-hydrogen) atoms. The lowest BCUT2D eigenvalue weighted by Crippen LogP contribution is -2.59. The van der Waals surface area contributed by atoms with Gasteiger partial charge in [-0.2, -0.15) is 0 Å². The smallest absolute Gasteiger partial charge is 0.243 e. The topological polar surface area (TPSA) is 308 Å². The van der Waals surface area contributed by atoms with E-state index in [1.54, 1.807) is 24.3 Å². The zero-order valence-electron chi connectivity index (χ0n) is 30.0. The SMILES string of the molecule is CC(C)C[C@@H]1NC(=O)[C@@H](NC(=O)[C@H](Cc2ccccc2)NC(=O)CCN)CCCCNC(=O)C[C@@H](C(N)=O)NC(=O)[C@H](CCCN=C(N)N)NC1=O. The predicted octanol–water partition coefficient (Wildman–Crippen LogP) is -2.72. The molecular formula is C34H55N11O7. The number of nitrogens with two attached hydrogens (primary N) is 4. The molecule has 5 atom stereocenters. The van der Waals surface area contributed by atoms with E-state index in [9.17, 15) is 33.6 Å². The molecule has 18 nitrogen and oxygen atoms in total. The van der Waals surface area contributed by atoms with Gasteiger partial charge >= 0.3 is 0 Å². The molecule has 1 aliphatic rings. The van der Waals surface area contributed by atoms with Crippen molar-refractivity contribution in [2.75, 3.05) is 19.6 Å². The molecule has 0 spiro atoms. The number of hydrogen-bond acceptors (Lipinski definition) is 9. The Morgan fingerprint density at radius 1 is 0.923 bits per heavy atom. The number of rotatable bonds is 14. The van der Waals surface area contributed by atoms with Crippen molar-refractivity contribution in [3.8, 4) is 0 Å². The highest BCUT2D eigenvalue weighted by Gasteiger charge is 2.33. The molecule has 1 aliphatic heterocycles. The fraction of sp³-hybridized carbons (Fsp3) is 0.588. The molecule has 18 heteroatoms. The van der Waals surface area contributed by atoms with E-state index in [2.05, 4.69) is 36.9 Å². The molecule has 2 rings (SSSR count). The van der Waals surface area contributed by atoms with Crippen LogP contribution in [0.15, 0.2) is 35.3 Å². The lowest BCUT2D eigenvalue weighted by Gasteiger charge is -2.27. The number of nitrogens with zero attached hydrogens (tertiary/aromatic N) is 1. The van der Waals surface area contributed by atoms with Crippen molar-refractivity contribution < 1.29 is 33.6 Å². The molecule has 1 aromatic rings. The minimum absolute atomic E-state index is 0.00626. The van der Waals surface area contributed by atoms with Gasteiger partial charge in [0, 0.05) is 32.5 Å². The Hall–Kier alpha value is -5.26. The molecule has 0 aliphatic carbocycles. The van der Waals surface area contributed by atoms with Crippen LogP contribution in [0.3, 0.4) is 0 Å². The third kappa shape index (κ3) is 16.2. The van der Waals surface area contributed by atoms with Crippen LogP contribution in [0.2, 0.25) is 0 Å². The lowest BCUT2D eigenvalue weighted by atomic mass is 10.00. The number of carbonyl (C=O) groups excluding carboxylic acids is 7. The van der Waals surface area contributed by atoms with Crippen LogP contribution in [-0.4, -0.2) is 97.2 Å². The number of amides is 7. The molecular weight excluding hydrogens is 674 g/mol. The average molecular weight is 730 g/mol. The first kappa shape index (κ1) is 42.9. The number of guanidine groups is 1. The maximum Gasteiger partial charge on any atom is 0.243 e. The molecule has 1 fully saturated rings. The van der Waals surface area contributed by atoms with Crippen LogP contribution in [0.1, 0.15) is 70.8 Å². The van der Waals surface area contributed by atoms with E-state index < -0.39 is 78.0 Å².